The van der Waals surface area contributed by atoms with Gasteiger partial charge in [0.2, 0.25) is 5.36 Å². The topological polar surface area (TPSA) is 106 Å². The fourth-order valence-electron chi connectivity index (χ4n) is 6.64. The minimum atomic E-state index is -0.345. The van der Waals surface area contributed by atoms with Crippen molar-refractivity contribution < 1.29 is 33.0 Å². The molecule has 54 heavy (non-hydrogen) atoms. The van der Waals surface area contributed by atoms with Crippen LogP contribution < -0.4 is 34.5 Å². The van der Waals surface area contributed by atoms with Gasteiger partial charge in [0.25, 0.3) is 0 Å². The lowest BCUT2D eigenvalue weighted by Gasteiger charge is -2.27. The summed E-state index contributed by atoms with van der Waals surface area (Å²) in [5, 5.41) is 5.25. The van der Waals surface area contributed by atoms with Gasteiger partial charge in [0.15, 0.2) is 0 Å². The number of thioether (sulfide) groups is 1. The number of ether oxygens (including phenoxy) is 4. The number of esters is 2. The quantitative estimate of drug-likeness (QED) is 0.131. The van der Waals surface area contributed by atoms with E-state index in [2.05, 4.69) is 58.4 Å². The van der Waals surface area contributed by atoms with E-state index in [1.54, 1.807) is 11.8 Å². The number of hydrogen-bond donors (Lipinski definition) is 1. The van der Waals surface area contributed by atoms with E-state index in [-0.39, 0.29) is 38.2 Å². The van der Waals surface area contributed by atoms with Crippen LogP contribution in [0.1, 0.15) is 11.1 Å². The summed E-state index contributed by atoms with van der Waals surface area (Å²) in [4.78, 5) is 29.2. The summed E-state index contributed by atoms with van der Waals surface area (Å²) in [5.41, 5.74) is 7.49. The van der Waals surface area contributed by atoms with E-state index >= 15 is 0 Å². The summed E-state index contributed by atoms with van der Waals surface area (Å²) in [6.07, 6.45) is 0. The van der Waals surface area contributed by atoms with E-state index in [4.69, 9.17) is 23.4 Å². The van der Waals surface area contributed by atoms with Crippen molar-refractivity contribution in [3.05, 3.63) is 89.3 Å². The SMILES string of the molecule is CNCc1ccc2c(-c3ccc4c(c3)OCCOc3cc(C)ccc3N(CC(=O)OC)CCSCCN4CC(=O)OC)c3ccc(=[N+](C)C)cc-3oc2c1. The predicted octanol–water partition coefficient (Wildman–Crippen LogP) is 5.43. The molecule has 284 valence electrons. The first kappa shape index (κ1) is 38.5. The smallest absolute Gasteiger partial charge is 0.325 e. The standard InChI is InChI=1S/C42H49N4O7S/c1-28-7-13-34-38(21-28)51-17-18-52-39-23-30(9-14-35(39)46(27-41(48)50-6)16-20-54-19-15-45(34)26-40(47)49-5)42-32-11-8-29(25-43-2)22-36(32)53-37-24-31(44(3)4)10-12-33(37)42/h7-14,21-24,43H,15-20,25-27H2,1-6H3/q+1. The summed E-state index contributed by atoms with van der Waals surface area (Å²) >= 11 is 1.74. The highest BCUT2D eigenvalue weighted by Crippen LogP contribution is 2.43. The fourth-order valence-corrected chi connectivity index (χ4v) is 7.54. The number of benzene rings is 4. The Balaban J connectivity index is 1.45. The maximum absolute atomic E-state index is 12.8. The lowest BCUT2D eigenvalue weighted by atomic mass is 9.92. The second-order valence-corrected chi connectivity index (χ2v) is 14.6. The first-order valence-electron chi connectivity index (χ1n) is 18.1. The van der Waals surface area contributed by atoms with Crippen LogP contribution in [0.25, 0.3) is 33.4 Å². The van der Waals surface area contributed by atoms with Crippen molar-refractivity contribution in [2.24, 2.45) is 0 Å². The van der Waals surface area contributed by atoms with Gasteiger partial charge in [-0.2, -0.15) is 11.8 Å². The zero-order chi connectivity index (χ0) is 38.2. The number of aryl methyl sites for hydroxylation is 1. The molecular formula is C42H49N4O7S+. The monoisotopic (exact) mass is 753 g/mol. The van der Waals surface area contributed by atoms with Crippen LogP contribution in [-0.2, 0) is 25.6 Å². The number of carbonyl (C=O) groups excluding carboxylic acids is 2. The average Bonchev–Trinajstić information content (AvgIpc) is 3.17. The van der Waals surface area contributed by atoms with Crippen LogP contribution in [0, 0.1) is 6.92 Å². The molecule has 0 spiro atoms. The first-order chi connectivity index (χ1) is 26.2. The van der Waals surface area contributed by atoms with Crippen molar-refractivity contribution >= 4 is 46.0 Å². The number of carbonyl (C=O) groups is 2. The molecule has 3 aromatic rings. The van der Waals surface area contributed by atoms with Crippen molar-refractivity contribution in [3.63, 3.8) is 0 Å². The largest absolute Gasteiger partial charge is 0.488 e. The highest BCUT2D eigenvalue weighted by Gasteiger charge is 2.23. The van der Waals surface area contributed by atoms with Gasteiger partial charge in [0, 0.05) is 53.7 Å². The maximum Gasteiger partial charge on any atom is 0.325 e. The molecule has 2 heterocycles. The Morgan fingerprint density at radius 3 is 2.09 bits per heavy atom. The second-order valence-electron chi connectivity index (χ2n) is 13.4. The molecule has 0 aromatic heterocycles. The van der Waals surface area contributed by atoms with Crippen LogP contribution >= 0.6 is 11.8 Å². The number of nitrogens with zero attached hydrogens (tertiary/aromatic N) is 3. The summed E-state index contributed by atoms with van der Waals surface area (Å²) in [6, 6.07) is 24.8. The van der Waals surface area contributed by atoms with Crippen LogP contribution in [0.15, 0.2) is 77.2 Å². The van der Waals surface area contributed by atoms with Gasteiger partial charge in [0.1, 0.15) is 63.2 Å². The van der Waals surface area contributed by atoms with Crippen molar-refractivity contribution in [2.45, 2.75) is 13.5 Å². The van der Waals surface area contributed by atoms with Crippen LogP contribution in [0.5, 0.6) is 11.5 Å². The third kappa shape index (κ3) is 8.94. The Hall–Kier alpha value is -5.20. The number of methoxy groups -OCH3 is 2. The van der Waals surface area contributed by atoms with E-state index in [0.29, 0.717) is 31.1 Å². The molecule has 6 rings (SSSR count). The Kier molecular flexibility index (Phi) is 12.7. The summed E-state index contributed by atoms with van der Waals surface area (Å²) in [5.74, 6) is 2.86. The minimum Gasteiger partial charge on any atom is -0.488 e. The van der Waals surface area contributed by atoms with Gasteiger partial charge >= 0.3 is 11.9 Å². The van der Waals surface area contributed by atoms with E-state index in [1.165, 1.54) is 14.2 Å². The highest BCUT2D eigenvalue weighted by atomic mass is 32.2. The van der Waals surface area contributed by atoms with Crippen molar-refractivity contribution in [2.75, 3.05) is 96.1 Å². The minimum absolute atomic E-state index is 0.0556. The first-order valence-corrected chi connectivity index (χ1v) is 19.2. The molecule has 2 aliphatic heterocycles. The van der Waals surface area contributed by atoms with Gasteiger partial charge in [0.05, 0.1) is 31.7 Å². The van der Waals surface area contributed by atoms with E-state index in [1.807, 2.05) is 62.1 Å². The number of rotatable bonds is 7. The molecule has 1 aliphatic carbocycles. The van der Waals surface area contributed by atoms with Gasteiger partial charge in [-0.15, -0.1) is 0 Å². The third-order valence-corrected chi connectivity index (χ3v) is 10.4. The zero-order valence-electron chi connectivity index (χ0n) is 31.9. The maximum atomic E-state index is 12.8. The van der Waals surface area contributed by atoms with Gasteiger partial charge in [-0.1, -0.05) is 24.3 Å². The van der Waals surface area contributed by atoms with E-state index in [0.717, 1.165) is 72.8 Å². The Bertz CT molecular complexity index is 2160. The van der Waals surface area contributed by atoms with Gasteiger partial charge < -0.3 is 38.5 Å². The zero-order valence-corrected chi connectivity index (χ0v) is 32.7. The molecule has 3 aromatic carbocycles. The summed E-state index contributed by atoms with van der Waals surface area (Å²) in [7, 11) is 8.76. The van der Waals surface area contributed by atoms with Gasteiger partial charge in [-0.05, 0) is 67.1 Å². The highest BCUT2D eigenvalue weighted by molar-refractivity contribution is 7.99. The predicted molar refractivity (Wildman–Crippen MR) is 216 cm³/mol. The molecule has 3 aliphatic rings. The molecule has 0 saturated heterocycles. The molecule has 0 unspecified atom stereocenters. The van der Waals surface area contributed by atoms with Crippen LogP contribution in [-0.4, -0.2) is 98.2 Å². The average molecular weight is 754 g/mol. The summed E-state index contributed by atoms with van der Waals surface area (Å²) < 4.78 is 31.8. The fraction of sp³-hybridized carbons (Fsp3) is 0.357. The van der Waals surface area contributed by atoms with Crippen molar-refractivity contribution in [1.29, 1.82) is 0 Å². The van der Waals surface area contributed by atoms with Gasteiger partial charge in [-0.3, -0.25) is 9.59 Å². The van der Waals surface area contributed by atoms with Crippen LogP contribution in [0.2, 0.25) is 0 Å². The molecule has 0 bridgehead atoms. The molecular weight excluding hydrogens is 705 g/mol. The van der Waals surface area contributed by atoms with E-state index < -0.39 is 0 Å². The molecule has 1 N–H and O–H groups in total. The molecule has 0 fully saturated rings. The Morgan fingerprint density at radius 1 is 0.815 bits per heavy atom. The lowest BCUT2D eigenvalue weighted by Crippen LogP contribution is -2.34. The molecule has 0 saturated carbocycles. The van der Waals surface area contributed by atoms with Gasteiger partial charge in [-0.25, -0.2) is 4.58 Å². The number of hydrogen-bond acceptors (Lipinski definition) is 11. The third-order valence-electron chi connectivity index (χ3n) is 9.42. The van der Waals surface area contributed by atoms with Crippen LogP contribution in [0.4, 0.5) is 11.4 Å². The van der Waals surface area contributed by atoms with Crippen LogP contribution in [0.3, 0.4) is 0 Å². The van der Waals surface area contributed by atoms with E-state index in [9.17, 15) is 9.59 Å². The number of nitrogens with one attached hydrogen (secondary N) is 1. The summed E-state index contributed by atoms with van der Waals surface area (Å²) in [6.45, 7) is 4.52. The molecule has 11 nitrogen and oxygen atoms in total. The Morgan fingerprint density at radius 2 is 1.46 bits per heavy atom. The normalized spacial score (nSPS) is 13.9. The number of fused-ring (bicyclic) bond motifs is 4. The number of anilines is 2. The molecule has 0 radical (unpaired) electrons. The van der Waals surface area contributed by atoms with Crippen molar-refractivity contribution in [1.82, 2.24) is 9.89 Å². The lowest BCUT2D eigenvalue weighted by molar-refractivity contribution is -0.139. The molecule has 12 heteroatoms. The van der Waals surface area contributed by atoms with Crippen molar-refractivity contribution in [3.8, 4) is 33.9 Å². The molecule has 0 amide bonds. The Labute approximate surface area is 320 Å². The second kappa shape index (κ2) is 17.7. The molecule has 0 atom stereocenters.